The Bertz CT molecular complexity index is 1070. The number of hydrogen-bond donors (Lipinski definition) is 3. The maximum Gasteiger partial charge on any atom is 0.320 e. The fourth-order valence-electron chi connectivity index (χ4n) is 9.21. The Morgan fingerprint density at radius 2 is 1.91 bits per heavy atom. The van der Waals surface area contributed by atoms with Crippen LogP contribution in [0, 0.1) is 17.8 Å². The number of thioether (sulfide) groups is 1. The van der Waals surface area contributed by atoms with Crippen molar-refractivity contribution in [1.29, 1.82) is 0 Å². The second kappa shape index (κ2) is 13.3. The van der Waals surface area contributed by atoms with Gasteiger partial charge in [0.25, 0.3) is 0 Å². The topological polar surface area (TPSA) is 89.2 Å². The number of nitrogens with zero attached hydrogens (tertiary/aromatic N) is 3. The van der Waals surface area contributed by atoms with Crippen molar-refractivity contribution < 1.29 is 23.1 Å². The summed E-state index contributed by atoms with van der Waals surface area (Å²) >= 11 is 1.86. The number of carbonyl (C=O) groups is 2. The Morgan fingerprint density at radius 1 is 1.11 bits per heavy atom. The van der Waals surface area contributed by atoms with Crippen LogP contribution in [0.15, 0.2) is 12.7 Å². The van der Waals surface area contributed by atoms with E-state index >= 15 is 8.78 Å². The number of ether oxygens (including phenoxy) is 1. The molecule has 13 atom stereocenters. The Kier molecular flexibility index (Phi) is 9.84. The average molecular weight is 639 g/mol. The molecule has 0 radical (unpaired) electrons. The van der Waals surface area contributed by atoms with Crippen LogP contribution < -0.4 is 16.0 Å². The highest BCUT2D eigenvalue weighted by molar-refractivity contribution is 8.00. The molecule has 248 valence electrons. The number of piperazine rings is 1. The van der Waals surface area contributed by atoms with Crippen LogP contribution in [0.4, 0.5) is 13.6 Å². The minimum Gasteiger partial charge on any atom is -0.377 e. The van der Waals surface area contributed by atoms with Gasteiger partial charge < -0.3 is 25.2 Å². The molecule has 0 aromatic heterocycles. The molecule has 5 aliphatic heterocycles. The molecule has 6 aliphatic rings. The van der Waals surface area contributed by atoms with Gasteiger partial charge in [0.1, 0.15) is 12.3 Å². The van der Waals surface area contributed by atoms with Gasteiger partial charge in [-0.05, 0) is 64.5 Å². The van der Waals surface area contributed by atoms with Crippen LogP contribution in [0.25, 0.3) is 0 Å². The number of hydrogen-bond acceptors (Lipinski definition) is 7. The molecular formula is C32H52F2N6O3S. The zero-order valence-electron chi connectivity index (χ0n) is 26.7. The highest BCUT2D eigenvalue weighted by atomic mass is 32.2. The van der Waals surface area contributed by atoms with E-state index < -0.39 is 36.6 Å². The van der Waals surface area contributed by atoms with Gasteiger partial charge in [-0.15, -0.1) is 0 Å². The molecule has 11 unspecified atom stereocenters. The standard InChI is InChI=1S/C32H52F2N6O3S/c1-6-25(41)38-15-19(5)39(16-18(38)4)30-20-14-22(34)28-26-21(33)8-7-9-23(26)43-12-13-44-24-10-11-35-27(17(2)3)29(24)40(31(20)36-28)32(42)37-30/h6,17-24,26-31,35-36H,1,7-16H2,2-5H3,(H,37,42)/t18-,19+,20?,21?,22?,23?,24?,26?,27?,28?,29?,30?,31?/m1/s1. The van der Waals surface area contributed by atoms with Crippen molar-refractivity contribution in [3.8, 4) is 0 Å². The van der Waals surface area contributed by atoms with Gasteiger partial charge in [0.05, 0.1) is 31.1 Å². The normalized spacial score (nSPS) is 45.3. The second-order valence-electron chi connectivity index (χ2n) is 14.3. The van der Waals surface area contributed by atoms with E-state index in [0.717, 1.165) is 31.6 Å². The van der Waals surface area contributed by atoms with E-state index in [1.165, 1.54) is 6.08 Å². The fourth-order valence-corrected chi connectivity index (χ4v) is 10.5. The lowest BCUT2D eigenvalue weighted by molar-refractivity contribution is -0.137. The molecule has 0 spiro atoms. The van der Waals surface area contributed by atoms with Crippen LogP contribution in [0.5, 0.6) is 0 Å². The molecule has 0 aromatic rings. The predicted molar refractivity (Wildman–Crippen MR) is 169 cm³/mol. The molecule has 6 rings (SSSR count). The van der Waals surface area contributed by atoms with Crippen molar-refractivity contribution in [2.45, 2.75) is 126 Å². The van der Waals surface area contributed by atoms with E-state index in [1.54, 1.807) is 0 Å². The smallest absolute Gasteiger partial charge is 0.320 e. The first kappa shape index (κ1) is 32.5. The molecule has 3 amide bonds. The second-order valence-corrected chi connectivity index (χ2v) is 15.6. The van der Waals surface area contributed by atoms with Crippen LogP contribution in [-0.2, 0) is 9.53 Å². The summed E-state index contributed by atoms with van der Waals surface area (Å²) in [6, 6.07) is -1.08. The summed E-state index contributed by atoms with van der Waals surface area (Å²) in [5.41, 5.74) is 0. The van der Waals surface area contributed by atoms with Gasteiger partial charge in [-0.3, -0.25) is 15.0 Å². The van der Waals surface area contributed by atoms with Crippen molar-refractivity contribution >= 4 is 23.7 Å². The van der Waals surface area contributed by atoms with Crippen LogP contribution in [-0.4, -0.2) is 125 Å². The monoisotopic (exact) mass is 638 g/mol. The number of halogens is 2. The summed E-state index contributed by atoms with van der Waals surface area (Å²) in [6.07, 6.45) is 0.740. The van der Waals surface area contributed by atoms with Crippen LogP contribution in [0.2, 0.25) is 0 Å². The molecule has 44 heavy (non-hydrogen) atoms. The number of rotatable bonds is 3. The lowest BCUT2D eigenvalue weighted by atomic mass is 9.73. The highest BCUT2D eigenvalue weighted by Crippen LogP contribution is 2.43. The van der Waals surface area contributed by atoms with Crippen molar-refractivity contribution in [3.05, 3.63) is 12.7 Å². The van der Waals surface area contributed by atoms with E-state index in [1.807, 2.05) is 28.5 Å². The molecule has 5 saturated heterocycles. The van der Waals surface area contributed by atoms with Crippen molar-refractivity contribution in [1.82, 2.24) is 30.7 Å². The Balaban J connectivity index is 1.38. The quantitative estimate of drug-likeness (QED) is 0.410. The summed E-state index contributed by atoms with van der Waals surface area (Å²) in [7, 11) is 0. The molecule has 9 nitrogen and oxygen atoms in total. The van der Waals surface area contributed by atoms with Gasteiger partial charge in [-0.2, -0.15) is 11.8 Å². The fraction of sp³-hybridized carbons (Fsp3) is 0.875. The van der Waals surface area contributed by atoms with Gasteiger partial charge in [-0.25, -0.2) is 13.6 Å². The van der Waals surface area contributed by atoms with Crippen LogP contribution >= 0.6 is 11.8 Å². The first-order valence-electron chi connectivity index (χ1n) is 16.9. The number of nitrogens with one attached hydrogen (secondary N) is 3. The molecule has 1 aliphatic carbocycles. The van der Waals surface area contributed by atoms with E-state index in [2.05, 4.69) is 48.2 Å². The Hall–Kier alpha value is -1.47. The Labute approximate surface area is 265 Å². The first-order chi connectivity index (χ1) is 21.1. The van der Waals surface area contributed by atoms with Gasteiger partial charge in [-0.1, -0.05) is 20.4 Å². The molecule has 2 bridgehead atoms. The lowest BCUT2D eigenvalue weighted by Crippen LogP contribution is -2.80. The third-order valence-electron chi connectivity index (χ3n) is 11.3. The minimum absolute atomic E-state index is 0.0524. The van der Waals surface area contributed by atoms with Gasteiger partial charge >= 0.3 is 6.03 Å². The largest absolute Gasteiger partial charge is 0.377 e. The van der Waals surface area contributed by atoms with Crippen LogP contribution in [0.1, 0.15) is 59.8 Å². The third-order valence-corrected chi connectivity index (χ3v) is 12.6. The summed E-state index contributed by atoms with van der Waals surface area (Å²) in [6.45, 7) is 14.5. The number of urea groups is 1. The van der Waals surface area contributed by atoms with Gasteiger partial charge in [0, 0.05) is 60.1 Å². The summed E-state index contributed by atoms with van der Waals surface area (Å²) < 4.78 is 38.7. The highest BCUT2D eigenvalue weighted by Gasteiger charge is 2.58. The summed E-state index contributed by atoms with van der Waals surface area (Å²) in [4.78, 5) is 33.1. The number of carbonyl (C=O) groups excluding carboxylic acids is 2. The summed E-state index contributed by atoms with van der Waals surface area (Å²) in [5.74, 6) is 0.0755. The van der Waals surface area contributed by atoms with E-state index in [4.69, 9.17) is 4.74 Å². The van der Waals surface area contributed by atoms with Gasteiger partial charge in [0.15, 0.2) is 0 Å². The number of fused-ring (bicyclic) bond motifs is 5. The maximum absolute atomic E-state index is 16.6. The third kappa shape index (κ3) is 5.91. The van der Waals surface area contributed by atoms with E-state index in [0.29, 0.717) is 26.1 Å². The van der Waals surface area contributed by atoms with Gasteiger partial charge in [0.2, 0.25) is 5.91 Å². The molecule has 5 heterocycles. The lowest BCUT2D eigenvalue weighted by Gasteiger charge is -2.60. The number of piperidine rings is 2. The zero-order chi connectivity index (χ0) is 31.3. The van der Waals surface area contributed by atoms with E-state index in [9.17, 15) is 9.59 Å². The number of amides is 3. The number of alkyl halides is 2. The Morgan fingerprint density at radius 3 is 2.66 bits per heavy atom. The van der Waals surface area contributed by atoms with Crippen molar-refractivity contribution in [2.24, 2.45) is 17.8 Å². The molecular weight excluding hydrogens is 586 g/mol. The van der Waals surface area contributed by atoms with E-state index in [-0.39, 0.29) is 65.7 Å². The molecule has 6 fully saturated rings. The summed E-state index contributed by atoms with van der Waals surface area (Å²) in [5, 5.41) is 10.9. The minimum atomic E-state index is -1.28. The molecule has 0 aromatic carbocycles. The average Bonchev–Trinajstić information content (AvgIpc) is 2.99. The molecule has 1 saturated carbocycles. The molecule has 12 heteroatoms. The van der Waals surface area contributed by atoms with Crippen LogP contribution in [0.3, 0.4) is 0 Å². The molecule has 3 N–H and O–H groups in total. The predicted octanol–water partition coefficient (Wildman–Crippen LogP) is 3.11. The van der Waals surface area contributed by atoms with Crippen molar-refractivity contribution in [3.63, 3.8) is 0 Å². The van der Waals surface area contributed by atoms with Crippen molar-refractivity contribution in [2.75, 3.05) is 32.0 Å². The SMILES string of the molecule is C=CC(=O)N1C[C@H](C)N(C2NC(=O)N3C4NC(C(F)CC42)C2C(F)CCCC2OCCSC2CCNC(C(C)C)C23)C[C@H]1C. The zero-order valence-corrected chi connectivity index (χ0v) is 27.5. The maximum atomic E-state index is 16.6. The first-order valence-corrected chi connectivity index (χ1v) is 17.9.